The smallest absolute Gasteiger partial charge is 0.231 e. The summed E-state index contributed by atoms with van der Waals surface area (Å²) in [5.74, 6) is 1.76. The van der Waals surface area contributed by atoms with E-state index >= 15 is 0 Å². The molecule has 2 aliphatic heterocycles. The van der Waals surface area contributed by atoms with Crippen molar-refractivity contribution in [3.8, 4) is 11.5 Å². The van der Waals surface area contributed by atoms with E-state index in [0.717, 1.165) is 31.0 Å². The molecule has 1 N–H and O–H groups in total. The Balaban J connectivity index is 1.53. The zero-order valence-corrected chi connectivity index (χ0v) is 11.5. The zero-order chi connectivity index (χ0) is 13.1. The van der Waals surface area contributed by atoms with Crippen molar-refractivity contribution < 1.29 is 9.47 Å². The Morgan fingerprint density at radius 2 is 2.21 bits per heavy atom. The first-order chi connectivity index (χ1) is 9.33. The van der Waals surface area contributed by atoms with Crippen molar-refractivity contribution in [3.63, 3.8) is 0 Å². The minimum Gasteiger partial charge on any atom is -0.454 e. The van der Waals surface area contributed by atoms with Crippen LogP contribution in [0.25, 0.3) is 0 Å². The van der Waals surface area contributed by atoms with E-state index in [9.17, 15) is 0 Å². The first-order valence-corrected chi connectivity index (χ1v) is 7.12. The van der Waals surface area contributed by atoms with Gasteiger partial charge in [-0.05, 0) is 50.6 Å². The maximum absolute atomic E-state index is 5.42. The van der Waals surface area contributed by atoms with E-state index in [-0.39, 0.29) is 0 Å². The number of nitrogens with zero attached hydrogens (tertiary/aromatic N) is 1. The number of hydrogen-bond acceptors (Lipinski definition) is 4. The van der Waals surface area contributed by atoms with Crippen molar-refractivity contribution in [1.82, 2.24) is 10.2 Å². The Kier molecular flexibility index (Phi) is 3.89. The summed E-state index contributed by atoms with van der Waals surface area (Å²) in [5, 5.41) is 3.47. The van der Waals surface area contributed by atoms with Crippen LogP contribution in [0.5, 0.6) is 11.5 Å². The predicted octanol–water partition coefficient (Wildman–Crippen LogP) is 1.64. The highest BCUT2D eigenvalue weighted by Gasteiger charge is 2.18. The van der Waals surface area contributed by atoms with Crippen molar-refractivity contribution >= 4 is 0 Å². The number of rotatable bonds is 4. The third kappa shape index (κ3) is 3.01. The number of nitrogens with one attached hydrogen (secondary N) is 1. The third-order valence-electron chi connectivity index (χ3n) is 4.08. The quantitative estimate of drug-likeness (QED) is 0.894. The maximum atomic E-state index is 5.42. The van der Waals surface area contributed by atoms with Gasteiger partial charge in [-0.2, -0.15) is 0 Å². The minimum absolute atomic E-state index is 0.354. The van der Waals surface area contributed by atoms with Crippen LogP contribution in [0.2, 0.25) is 0 Å². The first kappa shape index (κ1) is 12.8. The second kappa shape index (κ2) is 5.80. The van der Waals surface area contributed by atoms with Gasteiger partial charge in [0, 0.05) is 19.1 Å². The Morgan fingerprint density at radius 3 is 3.05 bits per heavy atom. The summed E-state index contributed by atoms with van der Waals surface area (Å²) in [5.41, 5.74) is 1.32. The lowest BCUT2D eigenvalue weighted by molar-refractivity contribution is 0.174. The summed E-state index contributed by atoms with van der Waals surface area (Å²) < 4.78 is 10.7. The van der Waals surface area contributed by atoms with Gasteiger partial charge < -0.3 is 19.7 Å². The van der Waals surface area contributed by atoms with Crippen molar-refractivity contribution in [1.29, 1.82) is 0 Å². The van der Waals surface area contributed by atoms with Gasteiger partial charge in [-0.15, -0.1) is 0 Å². The third-order valence-corrected chi connectivity index (χ3v) is 4.08. The second-order valence-electron chi connectivity index (χ2n) is 5.42. The van der Waals surface area contributed by atoms with Crippen molar-refractivity contribution in [2.45, 2.75) is 25.3 Å². The molecule has 1 aromatic rings. The van der Waals surface area contributed by atoms with Crippen LogP contribution in [-0.2, 0) is 6.42 Å². The van der Waals surface area contributed by atoms with Gasteiger partial charge in [0.2, 0.25) is 6.79 Å². The standard InChI is InChI=1S/C15H22N2O2/c1-17(13-3-2-7-16-10-13)8-6-12-4-5-14-15(9-12)19-11-18-14/h4-5,9,13,16H,2-3,6-8,10-11H2,1H3. The lowest BCUT2D eigenvalue weighted by atomic mass is 10.1. The van der Waals surface area contributed by atoms with Gasteiger partial charge in [0.1, 0.15) is 0 Å². The molecule has 0 saturated carbocycles. The molecule has 2 aliphatic rings. The van der Waals surface area contributed by atoms with Gasteiger partial charge >= 0.3 is 0 Å². The molecular weight excluding hydrogens is 240 g/mol. The minimum atomic E-state index is 0.354. The SMILES string of the molecule is CN(CCc1ccc2c(c1)OCO2)C1CCCNC1. The fraction of sp³-hybridized carbons (Fsp3) is 0.600. The molecule has 0 amide bonds. The molecule has 0 aromatic heterocycles. The Bertz CT molecular complexity index is 430. The van der Waals surface area contributed by atoms with Crippen LogP contribution >= 0.6 is 0 Å². The number of fused-ring (bicyclic) bond motifs is 1. The first-order valence-electron chi connectivity index (χ1n) is 7.12. The van der Waals surface area contributed by atoms with E-state index in [1.165, 1.54) is 24.9 Å². The molecule has 104 valence electrons. The van der Waals surface area contributed by atoms with Crippen LogP contribution in [0.15, 0.2) is 18.2 Å². The Morgan fingerprint density at radius 1 is 1.32 bits per heavy atom. The van der Waals surface area contributed by atoms with Crippen LogP contribution in [0.3, 0.4) is 0 Å². The molecule has 1 saturated heterocycles. The van der Waals surface area contributed by atoms with Gasteiger partial charge in [-0.25, -0.2) is 0 Å². The van der Waals surface area contributed by atoms with Crippen molar-refractivity contribution in [2.24, 2.45) is 0 Å². The molecule has 3 rings (SSSR count). The van der Waals surface area contributed by atoms with Gasteiger partial charge in [0.15, 0.2) is 11.5 Å². The molecule has 1 fully saturated rings. The zero-order valence-electron chi connectivity index (χ0n) is 11.5. The summed E-state index contributed by atoms with van der Waals surface area (Å²) in [7, 11) is 2.23. The Labute approximate surface area is 114 Å². The molecule has 0 radical (unpaired) electrons. The van der Waals surface area contributed by atoms with Crippen LogP contribution in [0, 0.1) is 0 Å². The van der Waals surface area contributed by atoms with Crippen molar-refractivity contribution in [2.75, 3.05) is 33.5 Å². The molecular formula is C15H22N2O2. The fourth-order valence-electron chi connectivity index (χ4n) is 2.79. The Hall–Kier alpha value is -1.26. The van der Waals surface area contributed by atoms with Gasteiger partial charge in [-0.1, -0.05) is 6.07 Å². The lowest BCUT2D eigenvalue weighted by Crippen LogP contribution is -2.44. The highest BCUT2D eigenvalue weighted by Crippen LogP contribution is 2.32. The molecule has 4 heteroatoms. The van der Waals surface area contributed by atoms with Gasteiger partial charge in [0.05, 0.1) is 0 Å². The van der Waals surface area contributed by atoms with E-state index in [1.54, 1.807) is 0 Å². The second-order valence-corrected chi connectivity index (χ2v) is 5.42. The van der Waals surface area contributed by atoms with Crippen LogP contribution in [0.1, 0.15) is 18.4 Å². The molecule has 0 aliphatic carbocycles. The number of benzene rings is 1. The topological polar surface area (TPSA) is 33.7 Å². The average Bonchev–Trinajstić information content (AvgIpc) is 2.93. The number of hydrogen-bond donors (Lipinski definition) is 1. The maximum Gasteiger partial charge on any atom is 0.231 e. The highest BCUT2D eigenvalue weighted by atomic mass is 16.7. The molecule has 1 aromatic carbocycles. The van der Waals surface area contributed by atoms with E-state index in [1.807, 2.05) is 6.07 Å². The van der Waals surface area contributed by atoms with Gasteiger partial charge in [-0.3, -0.25) is 0 Å². The summed E-state index contributed by atoms with van der Waals surface area (Å²) in [6.45, 7) is 3.74. The highest BCUT2D eigenvalue weighted by molar-refractivity contribution is 5.44. The van der Waals surface area contributed by atoms with Crippen LogP contribution in [-0.4, -0.2) is 44.4 Å². The lowest BCUT2D eigenvalue weighted by Gasteiger charge is -2.31. The van der Waals surface area contributed by atoms with E-state index in [2.05, 4.69) is 29.4 Å². The molecule has 1 atom stereocenters. The predicted molar refractivity (Wildman–Crippen MR) is 74.8 cm³/mol. The largest absolute Gasteiger partial charge is 0.454 e. The number of ether oxygens (including phenoxy) is 2. The average molecular weight is 262 g/mol. The number of piperidine rings is 1. The van der Waals surface area contributed by atoms with E-state index in [4.69, 9.17) is 9.47 Å². The van der Waals surface area contributed by atoms with Crippen LogP contribution < -0.4 is 14.8 Å². The molecule has 0 spiro atoms. The summed E-state index contributed by atoms with van der Waals surface area (Å²) in [4.78, 5) is 2.47. The molecule has 0 bridgehead atoms. The van der Waals surface area contributed by atoms with Crippen LogP contribution in [0.4, 0.5) is 0 Å². The normalized spacial score (nSPS) is 21.9. The molecule has 2 heterocycles. The summed E-state index contributed by atoms with van der Waals surface area (Å²) >= 11 is 0. The summed E-state index contributed by atoms with van der Waals surface area (Å²) in [6.07, 6.45) is 3.66. The van der Waals surface area contributed by atoms with Gasteiger partial charge in [0.25, 0.3) is 0 Å². The van der Waals surface area contributed by atoms with Crippen molar-refractivity contribution in [3.05, 3.63) is 23.8 Å². The monoisotopic (exact) mass is 262 g/mol. The molecule has 1 unspecified atom stereocenters. The molecule has 19 heavy (non-hydrogen) atoms. The molecule has 4 nitrogen and oxygen atoms in total. The van der Waals surface area contributed by atoms with E-state index < -0.39 is 0 Å². The summed E-state index contributed by atoms with van der Waals surface area (Å²) in [6, 6.07) is 6.94. The fourth-order valence-corrected chi connectivity index (χ4v) is 2.79. The van der Waals surface area contributed by atoms with E-state index in [0.29, 0.717) is 12.8 Å². The number of likely N-dealkylation sites (N-methyl/N-ethyl adjacent to an activating group) is 1.